The summed E-state index contributed by atoms with van der Waals surface area (Å²) in [6.45, 7) is 1.72. The molecule has 0 spiro atoms. The molecular weight excluding hydrogens is 362 g/mol. The number of carbonyl (C=O) groups is 2. The predicted molar refractivity (Wildman–Crippen MR) is 102 cm³/mol. The van der Waals surface area contributed by atoms with E-state index in [4.69, 9.17) is 4.42 Å². The Morgan fingerprint density at radius 1 is 1.26 bits per heavy atom. The number of benzene rings is 1. The molecule has 2 aromatic heterocycles. The quantitative estimate of drug-likeness (QED) is 0.710. The molecule has 1 fully saturated rings. The lowest BCUT2D eigenvalue weighted by Gasteiger charge is -2.15. The van der Waals surface area contributed by atoms with Crippen molar-refractivity contribution < 1.29 is 14.0 Å². The van der Waals surface area contributed by atoms with Gasteiger partial charge in [0.25, 0.3) is 5.91 Å². The van der Waals surface area contributed by atoms with Crippen molar-refractivity contribution >= 4 is 23.2 Å². The van der Waals surface area contributed by atoms with Gasteiger partial charge >= 0.3 is 0 Å². The van der Waals surface area contributed by atoms with Crippen molar-refractivity contribution in [2.75, 3.05) is 6.54 Å². The third-order valence-corrected chi connectivity index (χ3v) is 5.33. The van der Waals surface area contributed by atoms with Crippen LogP contribution >= 0.6 is 11.3 Å². The highest BCUT2D eigenvalue weighted by Crippen LogP contribution is 2.23. The van der Waals surface area contributed by atoms with Gasteiger partial charge in [0.2, 0.25) is 11.8 Å². The third kappa shape index (κ3) is 4.09. The van der Waals surface area contributed by atoms with Crippen molar-refractivity contribution in [1.82, 2.24) is 15.2 Å². The van der Waals surface area contributed by atoms with E-state index in [0.717, 1.165) is 23.4 Å². The van der Waals surface area contributed by atoms with E-state index in [2.05, 4.69) is 10.3 Å². The van der Waals surface area contributed by atoms with Crippen molar-refractivity contribution in [2.24, 2.45) is 0 Å². The van der Waals surface area contributed by atoms with E-state index in [1.807, 2.05) is 34.5 Å². The lowest BCUT2D eigenvalue weighted by atomic mass is 10.1. The van der Waals surface area contributed by atoms with Crippen LogP contribution in [0.3, 0.4) is 0 Å². The van der Waals surface area contributed by atoms with E-state index in [1.54, 1.807) is 29.7 Å². The van der Waals surface area contributed by atoms with E-state index in [0.29, 0.717) is 36.7 Å². The van der Waals surface area contributed by atoms with Gasteiger partial charge in [0.05, 0.1) is 17.1 Å². The average Bonchev–Trinajstić information content (AvgIpc) is 3.43. The maximum absolute atomic E-state index is 12.3. The Kier molecular flexibility index (Phi) is 5.02. The number of oxazole rings is 1. The van der Waals surface area contributed by atoms with Crippen LogP contribution in [0.1, 0.15) is 34.5 Å². The van der Waals surface area contributed by atoms with Crippen LogP contribution in [0, 0.1) is 0 Å². The Morgan fingerprint density at radius 2 is 2.11 bits per heavy atom. The molecule has 27 heavy (non-hydrogen) atoms. The Balaban J connectivity index is 1.32. The summed E-state index contributed by atoms with van der Waals surface area (Å²) in [5, 5.41) is 4.81. The lowest BCUT2D eigenvalue weighted by Crippen LogP contribution is -2.24. The number of likely N-dealkylation sites (tertiary alicyclic amines) is 1. The van der Waals surface area contributed by atoms with Crippen molar-refractivity contribution in [1.29, 1.82) is 0 Å². The smallest absolute Gasteiger partial charge is 0.251 e. The second kappa shape index (κ2) is 7.75. The summed E-state index contributed by atoms with van der Waals surface area (Å²) in [5.41, 5.74) is 2.28. The largest absolute Gasteiger partial charge is 0.443 e. The number of amides is 2. The molecule has 1 saturated heterocycles. The Hall–Kier alpha value is -2.93. The molecule has 3 heterocycles. The number of aromatic nitrogens is 1. The minimum absolute atomic E-state index is 0.167. The molecule has 0 saturated carbocycles. The van der Waals surface area contributed by atoms with Crippen LogP contribution in [0.25, 0.3) is 10.8 Å². The maximum Gasteiger partial charge on any atom is 0.251 e. The molecule has 2 amide bonds. The summed E-state index contributed by atoms with van der Waals surface area (Å²) >= 11 is 1.56. The van der Waals surface area contributed by atoms with E-state index < -0.39 is 0 Å². The first-order valence-electron chi connectivity index (χ1n) is 8.82. The summed E-state index contributed by atoms with van der Waals surface area (Å²) in [5.74, 6) is 0.598. The first-order valence-corrected chi connectivity index (χ1v) is 9.70. The van der Waals surface area contributed by atoms with Gasteiger partial charge in [-0.25, -0.2) is 4.98 Å². The fraction of sp³-hybridized carbons (Fsp3) is 0.250. The normalized spacial score (nSPS) is 13.9. The standard InChI is InChI=1S/C20H19N3O3S/c24-18-4-1-9-23(18)12-14-5-7-15(8-6-14)19(25)21-11-16-13-26-20(22-16)17-3-2-10-27-17/h2-3,5-8,10,13H,1,4,9,11-12H2,(H,21,25). The number of hydrogen-bond donors (Lipinski definition) is 1. The molecule has 4 rings (SSSR count). The fourth-order valence-corrected chi connectivity index (χ4v) is 3.68. The molecule has 1 N–H and O–H groups in total. The van der Waals surface area contributed by atoms with Crippen LogP contribution in [0.2, 0.25) is 0 Å². The van der Waals surface area contributed by atoms with Gasteiger partial charge in [-0.1, -0.05) is 18.2 Å². The minimum Gasteiger partial charge on any atom is -0.443 e. The number of hydrogen-bond acceptors (Lipinski definition) is 5. The topological polar surface area (TPSA) is 75.4 Å². The van der Waals surface area contributed by atoms with Gasteiger partial charge in [-0.2, -0.15) is 0 Å². The average molecular weight is 381 g/mol. The second-order valence-corrected chi connectivity index (χ2v) is 7.37. The molecule has 1 aliphatic rings. The molecule has 1 aliphatic heterocycles. The predicted octanol–water partition coefficient (Wildman–Crippen LogP) is 3.46. The van der Waals surface area contributed by atoms with Gasteiger partial charge in [-0.15, -0.1) is 11.3 Å². The number of thiophene rings is 1. The summed E-state index contributed by atoms with van der Waals surface area (Å²) in [6.07, 6.45) is 3.12. The molecule has 138 valence electrons. The molecule has 0 bridgehead atoms. The van der Waals surface area contributed by atoms with E-state index in [9.17, 15) is 9.59 Å². The Labute approximate surface area is 160 Å². The Morgan fingerprint density at radius 3 is 2.81 bits per heavy atom. The van der Waals surface area contributed by atoms with Crippen LogP contribution in [-0.4, -0.2) is 28.2 Å². The highest BCUT2D eigenvalue weighted by Gasteiger charge is 2.20. The molecule has 0 unspecified atom stereocenters. The molecule has 0 aliphatic carbocycles. The molecule has 1 aromatic carbocycles. The van der Waals surface area contributed by atoms with E-state index >= 15 is 0 Å². The number of carbonyl (C=O) groups excluding carboxylic acids is 2. The van der Waals surface area contributed by atoms with Crippen LogP contribution in [-0.2, 0) is 17.9 Å². The zero-order valence-electron chi connectivity index (χ0n) is 14.7. The zero-order chi connectivity index (χ0) is 18.6. The molecular formula is C20H19N3O3S. The highest BCUT2D eigenvalue weighted by molar-refractivity contribution is 7.13. The summed E-state index contributed by atoms with van der Waals surface area (Å²) in [6, 6.07) is 11.2. The second-order valence-electron chi connectivity index (χ2n) is 6.42. The monoisotopic (exact) mass is 381 g/mol. The Bertz CT molecular complexity index is 932. The first-order chi connectivity index (χ1) is 13.2. The number of nitrogens with zero attached hydrogens (tertiary/aromatic N) is 2. The van der Waals surface area contributed by atoms with E-state index in [-0.39, 0.29) is 11.8 Å². The van der Waals surface area contributed by atoms with Gasteiger partial charge in [0.15, 0.2) is 0 Å². The van der Waals surface area contributed by atoms with Crippen molar-refractivity contribution in [2.45, 2.75) is 25.9 Å². The summed E-state index contributed by atoms with van der Waals surface area (Å²) in [7, 11) is 0. The van der Waals surface area contributed by atoms with Gasteiger partial charge in [0, 0.05) is 25.1 Å². The van der Waals surface area contributed by atoms with E-state index in [1.165, 1.54) is 0 Å². The van der Waals surface area contributed by atoms with Gasteiger partial charge in [-0.05, 0) is 35.6 Å². The van der Waals surface area contributed by atoms with Crippen LogP contribution in [0.15, 0.2) is 52.5 Å². The van der Waals surface area contributed by atoms with Gasteiger partial charge in [0.1, 0.15) is 6.26 Å². The van der Waals surface area contributed by atoms with Crippen molar-refractivity contribution in [3.63, 3.8) is 0 Å². The van der Waals surface area contributed by atoms with Crippen LogP contribution < -0.4 is 5.32 Å². The van der Waals surface area contributed by atoms with Crippen molar-refractivity contribution in [3.05, 3.63) is 64.9 Å². The van der Waals surface area contributed by atoms with Gasteiger partial charge in [-0.3, -0.25) is 9.59 Å². The molecule has 3 aromatic rings. The SMILES string of the molecule is O=C(NCc1coc(-c2cccs2)n1)c1ccc(CN2CCCC2=O)cc1. The highest BCUT2D eigenvalue weighted by atomic mass is 32.1. The van der Waals surface area contributed by atoms with Crippen LogP contribution in [0.4, 0.5) is 0 Å². The van der Waals surface area contributed by atoms with Crippen LogP contribution in [0.5, 0.6) is 0 Å². The maximum atomic E-state index is 12.3. The zero-order valence-corrected chi connectivity index (χ0v) is 15.5. The molecule has 7 heteroatoms. The molecule has 6 nitrogen and oxygen atoms in total. The minimum atomic E-state index is -0.167. The summed E-state index contributed by atoms with van der Waals surface area (Å²) < 4.78 is 5.45. The third-order valence-electron chi connectivity index (χ3n) is 4.47. The lowest BCUT2D eigenvalue weighted by molar-refractivity contribution is -0.128. The summed E-state index contributed by atoms with van der Waals surface area (Å²) in [4.78, 5) is 31.2. The number of rotatable bonds is 6. The first kappa shape index (κ1) is 17.5. The number of nitrogens with one attached hydrogen (secondary N) is 1. The van der Waals surface area contributed by atoms with Gasteiger partial charge < -0.3 is 14.6 Å². The fourth-order valence-electron chi connectivity index (χ4n) is 3.03. The van der Waals surface area contributed by atoms with Crippen molar-refractivity contribution in [3.8, 4) is 10.8 Å². The molecule has 0 atom stereocenters. The molecule has 0 radical (unpaired) electrons.